The summed E-state index contributed by atoms with van der Waals surface area (Å²) in [6.45, 7) is 1.71. The molecule has 1 aliphatic rings. The van der Waals surface area contributed by atoms with Gasteiger partial charge in [-0.2, -0.15) is 0 Å². The number of aryl methyl sites for hydroxylation is 1. The van der Waals surface area contributed by atoms with E-state index >= 15 is 0 Å². The lowest BCUT2D eigenvalue weighted by atomic mass is 9.97. The highest BCUT2D eigenvalue weighted by atomic mass is 35.5. The molecule has 1 atom stereocenters. The van der Waals surface area contributed by atoms with Gasteiger partial charge in [0.1, 0.15) is 17.6 Å². The van der Waals surface area contributed by atoms with Crippen molar-refractivity contribution in [3.63, 3.8) is 0 Å². The molecule has 0 saturated heterocycles. The van der Waals surface area contributed by atoms with Crippen molar-refractivity contribution >= 4 is 45.9 Å². The number of amides is 1. The first-order chi connectivity index (χ1) is 14.9. The minimum Gasteiger partial charge on any atom is -0.496 e. The summed E-state index contributed by atoms with van der Waals surface area (Å²) in [6.07, 6.45) is 0. The van der Waals surface area contributed by atoms with Crippen molar-refractivity contribution in [3.8, 4) is 5.75 Å². The van der Waals surface area contributed by atoms with Crippen molar-refractivity contribution in [3.05, 3.63) is 85.4 Å². The predicted octanol–water partition coefficient (Wildman–Crippen LogP) is 5.15. The third kappa shape index (κ3) is 2.92. The summed E-state index contributed by atoms with van der Waals surface area (Å²) in [5.74, 6) is 0.610. The number of nitrogens with zero attached hydrogens (tertiary/aromatic N) is 2. The van der Waals surface area contributed by atoms with Gasteiger partial charge in [0.15, 0.2) is 16.8 Å². The van der Waals surface area contributed by atoms with Gasteiger partial charge >= 0.3 is 0 Å². The number of methoxy groups -OCH3 is 1. The van der Waals surface area contributed by atoms with E-state index < -0.39 is 17.4 Å². The molecule has 0 aliphatic carbocycles. The van der Waals surface area contributed by atoms with Gasteiger partial charge in [0.05, 0.1) is 23.1 Å². The largest absolute Gasteiger partial charge is 0.496 e. The molecule has 0 spiro atoms. The molecule has 4 aromatic rings. The molecule has 9 heteroatoms. The molecule has 0 unspecified atom stereocenters. The zero-order valence-electron chi connectivity index (χ0n) is 16.3. The number of para-hydroxylation sites is 1. The summed E-state index contributed by atoms with van der Waals surface area (Å²) in [6, 6.07) is 10.8. The average Bonchev–Trinajstić information content (AvgIpc) is 3.30. The Labute approximate surface area is 185 Å². The molecule has 0 bridgehead atoms. The molecule has 2 aromatic heterocycles. The van der Waals surface area contributed by atoms with Crippen LogP contribution < -0.4 is 15.1 Å². The van der Waals surface area contributed by atoms with E-state index in [9.17, 15) is 9.59 Å². The molecule has 31 heavy (non-hydrogen) atoms. The van der Waals surface area contributed by atoms with Gasteiger partial charge in [0, 0.05) is 16.7 Å². The van der Waals surface area contributed by atoms with Crippen molar-refractivity contribution in [2.45, 2.75) is 13.0 Å². The predicted molar refractivity (Wildman–Crippen MR) is 115 cm³/mol. The molecule has 0 fully saturated rings. The highest BCUT2D eigenvalue weighted by Gasteiger charge is 2.46. The monoisotopic (exact) mass is 456 g/mol. The second-order valence-corrected chi connectivity index (χ2v) is 7.90. The number of halogens is 2. The molecular weight excluding hydrogens is 443 g/mol. The van der Waals surface area contributed by atoms with E-state index in [4.69, 9.17) is 36.9 Å². The van der Waals surface area contributed by atoms with Crippen LogP contribution in [0.4, 0.5) is 5.82 Å². The number of anilines is 1. The van der Waals surface area contributed by atoms with Crippen LogP contribution in [-0.2, 0) is 0 Å². The average molecular weight is 457 g/mol. The molecule has 7 nitrogen and oxygen atoms in total. The topological polar surface area (TPSA) is 85.8 Å². The van der Waals surface area contributed by atoms with Gasteiger partial charge < -0.3 is 13.7 Å². The van der Waals surface area contributed by atoms with Crippen molar-refractivity contribution < 1.29 is 18.5 Å². The summed E-state index contributed by atoms with van der Waals surface area (Å²) in [5.41, 5.74) is 0.436. The Morgan fingerprint density at radius 2 is 1.90 bits per heavy atom. The third-order valence-corrected chi connectivity index (χ3v) is 5.69. The zero-order chi connectivity index (χ0) is 21.9. The van der Waals surface area contributed by atoms with Crippen LogP contribution in [-0.4, -0.2) is 18.2 Å². The number of aromatic nitrogens is 1. The van der Waals surface area contributed by atoms with E-state index in [1.165, 1.54) is 24.1 Å². The molecule has 1 aliphatic heterocycles. The van der Waals surface area contributed by atoms with Gasteiger partial charge in [-0.15, -0.1) is 0 Å². The highest BCUT2D eigenvalue weighted by Crippen LogP contribution is 2.44. The Balaban J connectivity index is 1.87. The smallest absolute Gasteiger partial charge is 0.296 e. The summed E-state index contributed by atoms with van der Waals surface area (Å²) in [7, 11) is 1.52. The lowest BCUT2D eigenvalue weighted by molar-refractivity contribution is 0.0969. The van der Waals surface area contributed by atoms with Crippen LogP contribution >= 0.6 is 23.2 Å². The van der Waals surface area contributed by atoms with Gasteiger partial charge in [-0.25, -0.2) is 0 Å². The maximum atomic E-state index is 13.6. The first-order valence-electron chi connectivity index (χ1n) is 9.26. The molecule has 0 N–H and O–H groups in total. The Bertz CT molecular complexity index is 1430. The van der Waals surface area contributed by atoms with Crippen LogP contribution in [0, 0.1) is 6.92 Å². The van der Waals surface area contributed by atoms with Crippen LogP contribution in [0.25, 0.3) is 11.0 Å². The van der Waals surface area contributed by atoms with E-state index in [1.807, 2.05) is 0 Å². The van der Waals surface area contributed by atoms with Crippen LogP contribution in [0.15, 0.2) is 56.2 Å². The summed E-state index contributed by atoms with van der Waals surface area (Å²) in [5, 5.41) is 4.60. The fourth-order valence-corrected chi connectivity index (χ4v) is 4.42. The normalized spacial score (nSPS) is 15.5. The van der Waals surface area contributed by atoms with Gasteiger partial charge in [0.2, 0.25) is 5.76 Å². The van der Waals surface area contributed by atoms with Crippen molar-refractivity contribution in [1.82, 2.24) is 5.16 Å². The fourth-order valence-electron chi connectivity index (χ4n) is 3.89. The lowest BCUT2D eigenvalue weighted by Crippen LogP contribution is -2.30. The Morgan fingerprint density at radius 1 is 1.13 bits per heavy atom. The van der Waals surface area contributed by atoms with Crippen LogP contribution in [0.1, 0.15) is 33.5 Å². The molecule has 0 radical (unpaired) electrons. The minimum atomic E-state index is -0.846. The number of carbonyl (C=O) groups excluding carboxylic acids is 1. The Morgan fingerprint density at radius 3 is 2.61 bits per heavy atom. The number of rotatable bonds is 3. The maximum absolute atomic E-state index is 13.6. The van der Waals surface area contributed by atoms with Gasteiger partial charge in [-0.1, -0.05) is 46.6 Å². The minimum absolute atomic E-state index is 0.0973. The Hall–Kier alpha value is -3.29. The SMILES string of the molecule is COc1ccccc1[C@@H]1c2c(oc3c(Cl)cc(Cl)cc3c2=O)C(=O)N1c1cc(C)on1. The number of ether oxygens (including phenoxy) is 1. The van der Waals surface area contributed by atoms with Gasteiger partial charge in [-0.05, 0) is 25.1 Å². The number of carbonyl (C=O) groups is 1. The molecule has 2 aromatic carbocycles. The molecule has 0 saturated carbocycles. The van der Waals surface area contributed by atoms with Crippen LogP contribution in [0.3, 0.4) is 0 Å². The van der Waals surface area contributed by atoms with Crippen LogP contribution in [0.5, 0.6) is 5.75 Å². The van der Waals surface area contributed by atoms with Gasteiger partial charge in [0.25, 0.3) is 5.91 Å². The van der Waals surface area contributed by atoms with Gasteiger partial charge in [-0.3, -0.25) is 14.5 Å². The highest BCUT2D eigenvalue weighted by molar-refractivity contribution is 6.38. The van der Waals surface area contributed by atoms with Crippen molar-refractivity contribution in [1.29, 1.82) is 0 Å². The number of benzene rings is 2. The first kappa shape index (κ1) is 19.7. The molecule has 156 valence electrons. The second kappa shape index (κ2) is 7.14. The fraction of sp³-hybridized carbons (Fsp3) is 0.136. The quantitative estimate of drug-likeness (QED) is 0.423. The maximum Gasteiger partial charge on any atom is 0.296 e. The van der Waals surface area contributed by atoms with E-state index in [-0.39, 0.29) is 38.2 Å². The van der Waals surface area contributed by atoms with Crippen LogP contribution in [0.2, 0.25) is 10.0 Å². The lowest BCUT2D eigenvalue weighted by Gasteiger charge is -2.23. The number of hydrogen-bond acceptors (Lipinski definition) is 6. The van der Waals surface area contributed by atoms with E-state index in [2.05, 4.69) is 5.16 Å². The first-order valence-corrected chi connectivity index (χ1v) is 10.0. The van der Waals surface area contributed by atoms with E-state index in [1.54, 1.807) is 37.3 Å². The Kier molecular flexibility index (Phi) is 4.53. The zero-order valence-corrected chi connectivity index (χ0v) is 17.8. The number of hydrogen-bond donors (Lipinski definition) is 0. The summed E-state index contributed by atoms with van der Waals surface area (Å²) >= 11 is 12.4. The summed E-state index contributed by atoms with van der Waals surface area (Å²) in [4.78, 5) is 28.4. The number of fused-ring (bicyclic) bond motifs is 2. The summed E-state index contributed by atoms with van der Waals surface area (Å²) < 4.78 is 16.6. The third-order valence-electron chi connectivity index (χ3n) is 5.19. The standard InChI is InChI=1S/C22H14Cl2N2O5/c1-10-7-16(25-31-10)26-18(12-5-3-4-6-15(12)29-2)17-19(27)13-8-11(23)9-14(24)20(13)30-21(17)22(26)28/h3-9,18H,1-2H3/t18-/m1/s1. The second-order valence-electron chi connectivity index (χ2n) is 7.05. The van der Waals surface area contributed by atoms with Crippen molar-refractivity contribution in [2.75, 3.05) is 12.0 Å². The van der Waals surface area contributed by atoms with E-state index in [0.29, 0.717) is 17.1 Å². The van der Waals surface area contributed by atoms with Crippen molar-refractivity contribution in [2.24, 2.45) is 0 Å². The molecule has 5 rings (SSSR count). The molecular formula is C22H14Cl2N2O5. The van der Waals surface area contributed by atoms with E-state index in [0.717, 1.165) is 0 Å². The molecule has 3 heterocycles. The molecule has 1 amide bonds.